The van der Waals surface area contributed by atoms with Crippen LogP contribution < -0.4 is 11.5 Å². The highest BCUT2D eigenvalue weighted by Crippen LogP contribution is 2.20. The first-order valence-electron chi connectivity index (χ1n) is 7.50. The molecule has 2 aromatic rings. The Labute approximate surface area is 136 Å². The number of aromatic nitrogens is 2. The predicted octanol–water partition coefficient (Wildman–Crippen LogP) is 2.57. The highest BCUT2D eigenvalue weighted by molar-refractivity contribution is 5.71. The lowest BCUT2D eigenvalue weighted by atomic mass is 10.0. The van der Waals surface area contributed by atoms with E-state index in [-0.39, 0.29) is 0 Å². The summed E-state index contributed by atoms with van der Waals surface area (Å²) >= 11 is 0. The van der Waals surface area contributed by atoms with E-state index in [1.54, 1.807) is 19.5 Å². The molecule has 23 heavy (non-hydrogen) atoms. The van der Waals surface area contributed by atoms with Gasteiger partial charge in [0.1, 0.15) is 0 Å². The second kappa shape index (κ2) is 8.70. The van der Waals surface area contributed by atoms with Gasteiger partial charge in [0.2, 0.25) is 0 Å². The molecule has 0 saturated heterocycles. The van der Waals surface area contributed by atoms with Gasteiger partial charge in [0.05, 0.1) is 22.8 Å². The van der Waals surface area contributed by atoms with E-state index < -0.39 is 0 Å². The van der Waals surface area contributed by atoms with Crippen LogP contribution in [0.2, 0.25) is 0 Å². The first-order chi connectivity index (χ1) is 11.2. The second-order valence-electron chi connectivity index (χ2n) is 5.06. The van der Waals surface area contributed by atoms with Crippen molar-refractivity contribution in [3.63, 3.8) is 0 Å². The number of pyridine rings is 2. The van der Waals surface area contributed by atoms with Crippen molar-refractivity contribution in [1.29, 1.82) is 0 Å². The Hall–Kier alpha value is -2.66. The van der Waals surface area contributed by atoms with Gasteiger partial charge >= 0.3 is 0 Å². The number of hydrogen-bond donors (Lipinski definition) is 2. The summed E-state index contributed by atoms with van der Waals surface area (Å²) in [7, 11) is 1.68. The maximum absolute atomic E-state index is 6.30. The summed E-state index contributed by atoms with van der Waals surface area (Å²) in [5.74, 6) is 0. The Morgan fingerprint density at radius 1 is 1.04 bits per heavy atom. The number of rotatable bonds is 7. The van der Waals surface area contributed by atoms with Crippen molar-refractivity contribution in [3.05, 3.63) is 71.8 Å². The SMILES string of the molecule is COCCCC(/C=C(\N)c1ccccn1)=C(/N)c1ccccn1. The van der Waals surface area contributed by atoms with Crippen LogP contribution in [0.4, 0.5) is 0 Å². The van der Waals surface area contributed by atoms with Crippen LogP contribution >= 0.6 is 0 Å². The van der Waals surface area contributed by atoms with Crippen LogP contribution in [-0.2, 0) is 4.74 Å². The monoisotopic (exact) mass is 310 g/mol. The van der Waals surface area contributed by atoms with Crippen LogP contribution in [0.5, 0.6) is 0 Å². The molecule has 2 heterocycles. The summed E-state index contributed by atoms with van der Waals surface area (Å²) < 4.78 is 5.12. The molecule has 0 aliphatic heterocycles. The highest BCUT2D eigenvalue weighted by Gasteiger charge is 2.07. The van der Waals surface area contributed by atoms with Crippen LogP contribution in [0, 0.1) is 0 Å². The van der Waals surface area contributed by atoms with Crippen molar-refractivity contribution >= 4 is 11.4 Å². The molecule has 4 N–H and O–H groups in total. The Morgan fingerprint density at radius 3 is 2.26 bits per heavy atom. The zero-order chi connectivity index (χ0) is 16.5. The smallest absolute Gasteiger partial charge is 0.0861 e. The molecule has 0 atom stereocenters. The fourth-order valence-electron chi connectivity index (χ4n) is 2.17. The van der Waals surface area contributed by atoms with Gasteiger partial charge in [0.25, 0.3) is 0 Å². The van der Waals surface area contributed by atoms with E-state index in [1.165, 1.54) is 0 Å². The number of methoxy groups -OCH3 is 1. The summed E-state index contributed by atoms with van der Waals surface area (Å²) in [6, 6.07) is 11.3. The van der Waals surface area contributed by atoms with Gasteiger partial charge < -0.3 is 16.2 Å². The van der Waals surface area contributed by atoms with Gasteiger partial charge in [-0.2, -0.15) is 0 Å². The average molecular weight is 310 g/mol. The van der Waals surface area contributed by atoms with Crippen LogP contribution in [0.15, 0.2) is 60.4 Å². The lowest BCUT2D eigenvalue weighted by Crippen LogP contribution is -2.06. The van der Waals surface area contributed by atoms with E-state index in [0.717, 1.165) is 29.8 Å². The van der Waals surface area contributed by atoms with E-state index in [4.69, 9.17) is 16.2 Å². The lowest BCUT2D eigenvalue weighted by Gasteiger charge is -2.10. The molecule has 0 aliphatic rings. The quantitative estimate of drug-likeness (QED) is 0.606. The number of nitrogens with zero attached hydrogens (tertiary/aromatic N) is 2. The van der Waals surface area contributed by atoms with Crippen LogP contribution in [-0.4, -0.2) is 23.7 Å². The van der Waals surface area contributed by atoms with Gasteiger partial charge in [-0.3, -0.25) is 9.97 Å². The van der Waals surface area contributed by atoms with E-state index in [9.17, 15) is 0 Å². The summed E-state index contributed by atoms with van der Waals surface area (Å²) in [5.41, 5.74) is 16.1. The summed E-state index contributed by atoms with van der Waals surface area (Å²) in [6.45, 7) is 0.663. The van der Waals surface area contributed by atoms with E-state index in [1.807, 2.05) is 42.5 Å². The molecule has 0 aliphatic carbocycles. The number of allylic oxidation sites excluding steroid dienone is 2. The van der Waals surface area contributed by atoms with E-state index in [2.05, 4.69) is 9.97 Å². The highest BCUT2D eigenvalue weighted by atomic mass is 16.5. The van der Waals surface area contributed by atoms with Crippen LogP contribution in [0.25, 0.3) is 11.4 Å². The third kappa shape index (κ3) is 4.93. The van der Waals surface area contributed by atoms with Crippen LogP contribution in [0.1, 0.15) is 24.2 Å². The van der Waals surface area contributed by atoms with Crippen molar-refractivity contribution in [2.75, 3.05) is 13.7 Å². The third-order valence-corrected chi connectivity index (χ3v) is 3.37. The van der Waals surface area contributed by atoms with Gasteiger partial charge in [-0.05, 0) is 48.8 Å². The van der Waals surface area contributed by atoms with Gasteiger partial charge in [-0.1, -0.05) is 12.1 Å². The van der Waals surface area contributed by atoms with E-state index >= 15 is 0 Å². The minimum atomic E-state index is 0.580. The first-order valence-corrected chi connectivity index (χ1v) is 7.50. The Balaban J connectivity index is 2.34. The molecule has 0 unspecified atom stereocenters. The minimum Gasteiger partial charge on any atom is -0.397 e. The zero-order valence-electron chi connectivity index (χ0n) is 13.3. The number of ether oxygens (including phenoxy) is 1. The van der Waals surface area contributed by atoms with Crippen molar-refractivity contribution < 1.29 is 4.74 Å². The normalized spacial score (nSPS) is 12.8. The molecule has 0 amide bonds. The largest absolute Gasteiger partial charge is 0.397 e. The molecule has 2 rings (SSSR count). The predicted molar refractivity (Wildman–Crippen MR) is 92.9 cm³/mol. The molecular weight excluding hydrogens is 288 g/mol. The van der Waals surface area contributed by atoms with E-state index in [0.29, 0.717) is 18.0 Å². The van der Waals surface area contributed by atoms with Gasteiger partial charge in [-0.25, -0.2) is 0 Å². The Kier molecular flexibility index (Phi) is 6.32. The minimum absolute atomic E-state index is 0.580. The standard InChI is InChI=1S/C18H22N4O/c1-23-12-6-7-14(18(20)17-9-3-5-11-22-17)13-15(19)16-8-2-4-10-21-16/h2-5,8-11,13H,6-7,12,19-20H2,1H3/b15-13-,18-14-. The van der Waals surface area contributed by atoms with Crippen molar-refractivity contribution in [1.82, 2.24) is 9.97 Å². The molecule has 120 valence electrons. The second-order valence-corrected chi connectivity index (χ2v) is 5.06. The molecule has 0 fully saturated rings. The maximum atomic E-state index is 6.30. The topological polar surface area (TPSA) is 87.0 Å². The van der Waals surface area contributed by atoms with Crippen molar-refractivity contribution in [2.45, 2.75) is 12.8 Å². The molecule has 0 bridgehead atoms. The molecule has 0 radical (unpaired) electrons. The Morgan fingerprint density at radius 2 is 1.70 bits per heavy atom. The van der Waals surface area contributed by atoms with Crippen molar-refractivity contribution in [3.8, 4) is 0 Å². The first kappa shape index (κ1) is 16.7. The third-order valence-electron chi connectivity index (χ3n) is 3.37. The molecule has 2 aromatic heterocycles. The number of hydrogen-bond acceptors (Lipinski definition) is 5. The van der Waals surface area contributed by atoms with Crippen LogP contribution in [0.3, 0.4) is 0 Å². The maximum Gasteiger partial charge on any atom is 0.0861 e. The molecule has 0 aromatic carbocycles. The van der Waals surface area contributed by atoms with Gasteiger partial charge in [-0.15, -0.1) is 0 Å². The van der Waals surface area contributed by atoms with Crippen molar-refractivity contribution in [2.24, 2.45) is 11.5 Å². The lowest BCUT2D eigenvalue weighted by molar-refractivity contribution is 0.195. The molecule has 0 saturated carbocycles. The summed E-state index contributed by atoms with van der Waals surface area (Å²) in [4.78, 5) is 8.57. The molecule has 5 heteroatoms. The molecule has 5 nitrogen and oxygen atoms in total. The fourth-order valence-corrected chi connectivity index (χ4v) is 2.17. The zero-order valence-corrected chi connectivity index (χ0v) is 13.3. The molecular formula is C18H22N4O. The fraction of sp³-hybridized carbons (Fsp3) is 0.222. The summed E-state index contributed by atoms with van der Waals surface area (Å²) in [6.07, 6.45) is 6.92. The average Bonchev–Trinajstić information content (AvgIpc) is 2.62. The van der Waals surface area contributed by atoms with Gasteiger partial charge in [0.15, 0.2) is 0 Å². The summed E-state index contributed by atoms with van der Waals surface area (Å²) in [5, 5.41) is 0. The molecule has 0 spiro atoms. The number of nitrogens with two attached hydrogens (primary N) is 2. The Bertz CT molecular complexity index is 666. The van der Waals surface area contributed by atoms with Gasteiger partial charge in [0, 0.05) is 26.1 Å².